The van der Waals surface area contributed by atoms with Crippen molar-refractivity contribution in [2.75, 3.05) is 19.4 Å². The fraction of sp³-hybridized carbons (Fsp3) is 0.312. The first-order chi connectivity index (χ1) is 9.77. The van der Waals surface area contributed by atoms with Crippen molar-refractivity contribution in [3.05, 3.63) is 59.9 Å². The second-order valence-electron chi connectivity index (χ2n) is 4.61. The van der Waals surface area contributed by atoms with Crippen LogP contribution in [0.25, 0.3) is 0 Å². The summed E-state index contributed by atoms with van der Waals surface area (Å²) in [6, 6.07) is 11.9. The van der Waals surface area contributed by atoms with Crippen LogP contribution in [-0.2, 0) is 4.74 Å². The number of aromatic nitrogens is 1. The molecule has 0 aliphatic heterocycles. The maximum atomic E-state index is 6.09. The highest BCUT2D eigenvalue weighted by molar-refractivity contribution is 5.47. The number of hydrogen-bond donors (Lipinski definition) is 2. The topological polar surface area (TPSA) is 60.2 Å². The number of hydrogen-bond acceptors (Lipinski definition) is 4. The number of likely N-dealkylation sites (N-methyl/N-ethyl adjacent to an activating group) is 1. The summed E-state index contributed by atoms with van der Waals surface area (Å²) in [6.07, 6.45) is 3.40. The third-order valence-electron chi connectivity index (χ3n) is 3.33. The van der Waals surface area contributed by atoms with Crippen molar-refractivity contribution in [2.45, 2.75) is 19.1 Å². The zero-order chi connectivity index (χ0) is 14.4. The molecule has 0 saturated carbocycles. The van der Waals surface area contributed by atoms with Gasteiger partial charge < -0.3 is 15.8 Å². The van der Waals surface area contributed by atoms with E-state index in [0.29, 0.717) is 0 Å². The lowest BCUT2D eigenvalue weighted by Crippen LogP contribution is -2.29. The molecule has 2 rings (SSSR count). The summed E-state index contributed by atoms with van der Waals surface area (Å²) in [5.74, 6) is 0. The largest absolute Gasteiger partial charge is 0.398 e. The fourth-order valence-corrected chi connectivity index (χ4v) is 2.38. The van der Waals surface area contributed by atoms with Crippen LogP contribution in [0.15, 0.2) is 48.8 Å². The van der Waals surface area contributed by atoms with Crippen LogP contribution < -0.4 is 11.1 Å². The van der Waals surface area contributed by atoms with E-state index in [-0.39, 0.29) is 12.1 Å². The first-order valence-electron chi connectivity index (χ1n) is 6.78. The number of anilines is 1. The highest BCUT2D eigenvalue weighted by Crippen LogP contribution is 2.33. The molecular weight excluding hydrogens is 250 g/mol. The molecule has 0 aliphatic carbocycles. The van der Waals surface area contributed by atoms with Crippen LogP contribution in [-0.4, -0.2) is 18.6 Å². The second-order valence-corrected chi connectivity index (χ2v) is 4.61. The van der Waals surface area contributed by atoms with Crippen molar-refractivity contribution in [1.82, 2.24) is 10.3 Å². The Morgan fingerprint density at radius 1 is 1.25 bits per heavy atom. The van der Waals surface area contributed by atoms with E-state index >= 15 is 0 Å². The first-order valence-corrected chi connectivity index (χ1v) is 6.78. The lowest BCUT2D eigenvalue weighted by molar-refractivity contribution is 0.0682. The van der Waals surface area contributed by atoms with Crippen molar-refractivity contribution in [2.24, 2.45) is 0 Å². The Morgan fingerprint density at radius 3 is 2.60 bits per heavy atom. The Labute approximate surface area is 120 Å². The highest BCUT2D eigenvalue weighted by Gasteiger charge is 2.25. The number of nitrogen functional groups attached to an aromatic ring is 1. The van der Waals surface area contributed by atoms with Crippen molar-refractivity contribution < 1.29 is 4.74 Å². The van der Waals surface area contributed by atoms with Crippen molar-refractivity contribution in [3.8, 4) is 0 Å². The predicted molar refractivity (Wildman–Crippen MR) is 81.3 cm³/mol. The van der Waals surface area contributed by atoms with Gasteiger partial charge in [-0.05, 0) is 18.2 Å². The van der Waals surface area contributed by atoms with Gasteiger partial charge in [0.15, 0.2) is 0 Å². The Kier molecular flexibility index (Phi) is 5.09. The number of rotatable bonds is 6. The summed E-state index contributed by atoms with van der Waals surface area (Å²) in [5, 5.41) is 3.44. The molecule has 0 bridgehead atoms. The Morgan fingerprint density at radius 2 is 2.00 bits per heavy atom. The fourth-order valence-electron chi connectivity index (χ4n) is 2.38. The van der Waals surface area contributed by atoms with Gasteiger partial charge in [-0.3, -0.25) is 4.98 Å². The Balaban J connectivity index is 2.39. The number of nitrogens with one attached hydrogen (secondary N) is 1. The van der Waals surface area contributed by atoms with Gasteiger partial charge in [0.25, 0.3) is 0 Å². The summed E-state index contributed by atoms with van der Waals surface area (Å²) in [6.45, 7) is 2.89. The zero-order valence-electron chi connectivity index (χ0n) is 11.9. The summed E-state index contributed by atoms with van der Waals surface area (Å²) >= 11 is 0. The van der Waals surface area contributed by atoms with E-state index in [0.717, 1.165) is 23.4 Å². The molecule has 0 fully saturated rings. The van der Waals surface area contributed by atoms with Gasteiger partial charge in [0, 0.05) is 30.8 Å². The van der Waals surface area contributed by atoms with E-state index in [2.05, 4.69) is 29.4 Å². The van der Waals surface area contributed by atoms with Crippen LogP contribution >= 0.6 is 0 Å². The number of ether oxygens (including phenoxy) is 1. The monoisotopic (exact) mass is 271 g/mol. The normalized spacial score (nSPS) is 13.9. The molecule has 1 heterocycles. The molecule has 2 aromatic rings. The molecule has 1 aromatic carbocycles. The van der Waals surface area contributed by atoms with E-state index < -0.39 is 0 Å². The third kappa shape index (κ3) is 3.15. The average Bonchev–Trinajstić information content (AvgIpc) is 2.49. The lowest BCUT2D eigenvalue weighted by Gasteiger charge is -2.28. The summed E-state index contributed by atoms with van der Waals surface area (Å²) in [5.41, 5.74) is 8.89. The molecule has 0 amide bonds. The van der Waals surface area contributed by atoms with Gasteiger partial charge in [-0.1, -0.05) is 37.3 Å². The molecule has 0 saturated heterocycles. The van der Waals surface area contributed by atoms with Gasteiger partial charge in [0.05, 0.1) is 6.04 Å². The first kappa shape index (κ1) is 14.5. The molecule has 1 aromatic heterocycles. The lowest BCUT2D eigenvalue weighted by atomic mass is 9.95. The average molecular weight is 271 g/mol. The quantitative estimate of drug-likeness (QED) is 0.848. The van der Waals surface area contributed by atoms with Gasteiger partial charge in [0.1, 0.15) is 6.10 Å². The smallest absolute Gasteiger partial charge is 0.102 e. The summed E-state index contributed by atoms with van der Waals surface area (Å²) in [7, 11) is 1.72. The summed E-state index contributed by atoms with van der Waals surface area (Å²) in [4.78, 5) is 4.18. The summed E-state index contributed by atoms with van der Waals surface area (Å²) < 4.78 is 5.71. The molecule has 0 radical (unpaired) electrons. The molecule has 0 spiro atoms. The molecule has 106 valence electrons. The third-order valence-corrected chi connectivity index (χ3v) is 3.33. The van der Waals surface area contributed by atoms with Crippen molar-refractivity contribution >= 4 is 5.69 Å². The number of methoxy groups -OCH3 is 1. The molecule has 4 heteroatoms. The molecule has 4 nitrogen and oxygen atoms in total. The van der Waals surface area contributed by atoms with E-state index in [1.165, 1.54) is 0 Å². The van der Waals surface area contributed by atoms with Crippen LogP contribution in [0.1, 0.15) is 30.2 Å². The van der Waals surface area contributed by atoms with Gasteiger partial charge in [-0.2, -0.15) is 0 Å². The molecule has 2 unspecified atom stereocenters. The predicted octanol–water partition coefficient (Wildman–Crippen LogP) is 2.70. The van der Waals surface area contributed by atoms with Crippen LogP contribution in [0.4, 0.5) is 5.69 Å². The van der Waals surface area contributed by atoms with Gasteiger partial charge in [-0.25, -0.2) is 0 Å². The SMILES string of the molecule is CCNC(c1cnccc1N)C(OC)c1ccccc1. The van der Waals surface area contributed by atoms with Crippen LogP contribution in [0.3, 0.4) is 0 Å². The standard InChI is InChI=1S/C16H21N3O/c1-3-19-15(13-11-18-10-9-14(13)17)16(20-2)12-7-5-4-6-8-12/h4-11,15-16,19H,3H2,1-2H3,(H2,17,18). The van der Waals surface area contributed by atoms with Gasteiger partial charge in [-0.15, -0.1) is 0 Å². The van der Waals surface area contributed by atoms with E-state index in [1.807, 2.05) is 24.3 Å². The highest BCUT2D eigenvalue weighted by atomic mass is 16.5. The maximum Gasteiger partial charge on any atom is 0.102 e. The maximum absolute atomic E-state index is 6.09. The van der Waals surface area contributed by atoms with Crippen molar-refractivity contribution in [1.29, 1.82) is 0 Å². The van der Waals surface area contributed by atoms with Crippen LogP contribution in [0.5, 0.6) is 0 Å². The van der Waals surface area contributed by atoms with Crippen LogP contribution in [0, 0.1) is 0 Å². The minimum Gasteiger partial charge on any atom is -0.398 e. The second kappa shape index (κ2) is 7.03. The number of benzene rings is 1. The van der Waals surface area contributed by atoms with E-state index in [4.69, 9.17) is 10.5 Å². The van der Waals surface area contributed by atoms with Gasteiger partial charge in [0.2, 0.25) is 0 Å². The molecular formula is C16H21N3O. The Bertz CT molecular complexity index is 530. The van der Waals surface area contributed by atoms with Crippen molar-refractivity contribution in [3.63, 3.8) is 0 Å². The number of pyridine rings is 1. The minimum atomic E-state index is -0.109. The van der Waals surface area contributed by atoms with Gasteiger partial charge >= 0.3 is 0 Å². The Hall–Kier alpha value is -1.91. The molecule has 2 atom stereocenters. The van der Waals surface area contributed by atoms with E-state index in [1.54, 1.807) is 19.5 Å². The van der Waals surface area contributed by atoms with E-state index in [9.17, 15) is 0 Å². The number of nitrogens with zero attached hydrogens (tertiary/aromatic N) is 1. The van der Waals surface area contributed by atoms with Crippen LogP contribution in [0.2, 0.25) is 0 Å². The molecule has 3 N–H and O–H groups in total. The molecule has 20 heavy (non-hydrogen) atoms. The number of nitrogens with two attached hydrogens (primary N) is 1. The molecule has 0 aliphatic rings. The minimum absolute atomic E-state index is 0.0268. The zero-order valence-corrected chi connectivity index (χ0v) is 11.9.